The molecule has 0 aromatic rings. The maximum absolute atomic E-state index is 9.55. The Bertz CT molecular complexity index is 128. The van der Waals surface area contributed by atoms with Gasteiger partial charge in [0.15, 0.2) is 0 Å². The molecule has 0 radical (unpaired) electrons. The molecule has 0 spiro atoms. The van der Waals surface area contributed by atoms with Crippen LogP contribution >= 0.6 is 0 Å². The molecule has 0 atom stereocenters. The van der Waals surface area contributed by atoms with Crippen molar-refractivity contribution in [3.63, 3.8) is 0 Å². The summed E-state index contributed by atoms with van der Waals surface area (Å²) in [4.78, 5) is 19.1. The molecule has 0 aliphatic heterocycles. The van der Waals surface area contributed by atoms with Gasteiger partial charge in [0.25, 0.3) is 0 Å². The van der Waals surface area contributed by atoms with Crippen molar-refractivity contribution >= 4 is 166 Å². The number of carboxylic acids is 2. The van der Waals surface area contributed by atoms with Crippen molar-refractivity contribution in [2.45, 2.75) is 0 Å². The first-order chi connectivity index (χ1) is 3.63. The van der Waals surface area contributed by atoms with Crippen LogP contribution in [-0.2, 0) is 9.59 Å². The van der Waals surface area contributed by atoms with E-state index in [9.17, 15) is 9.59 Å². The summed E-state index contributed by atoms with van der Waals surface area (Å²) in [5, 5.41) is 15.6. The normalized spacial score (nSPS) is 6.91. The molecule has 0 aromatic carbocycles. The first kappa shape index (κ1) is 24.0. The Hall–Kier alpha value is 3.59. The maximum atomic E-state index is 9.55. The van der Waals surface area contributed by atoms with Crippen LogP contribution < -0.4 is 0 Å². The number of carboxylic acid groups (broad SMARTS) is 2. The van der Waals surface area contributed by atoms with Gasteiger partial charge in [-0.3, -0.25) is 0 Å². The van der Waals surface area contributed by atoms with Gasteiger partial charge in [0.05, 0.1) is 0 Å². The van der Waals surface area contributed by atoms with Crippen LogP contribution in [0.3, 0.4) is 0 Å². The summed E-state index contributed by atoms with van der Waals surface area (Å²) in [6.45, 7) is 0. The second kappa shape index (κ2) is 16.0. The number of carbonyl (C=O) groups is 2. The average Bonchev–Trinajstić information content (AvgIpc) is 1.61. The second-order valence-electron chi connectivity index (χ2n) is 1.01. The topological polar surface area (TPSA) is 74.6 Å². The molecule has 0 fully saturated rings. The molecule has 0 heterocycles. The number of hydrogen-bond acceptors (Lipinski definition) is 2. The van der Waals surface area contributed by atoms with Gasteiger partial charge in [-0.15, -0.1) is 0 Å². The van der Waals surface area contributed by atoms with E-state index in [1.54, 1.807) is 0 Å². The van der Waals surface area contributed by atoms with Crippen molar-refractivity contribution in [3.05, 3.63) is 12.2 Å². The van der Waals surface area contributed by atoms with E-state index in [0.717, 1.165) is 0 Å². The molecule has 0 saturated carbocycles. The van der Waals surface area contributed by atoms with Crippen LogP contribution in [0.4, 0.5) is 0 Å². The summed E-state index contributed by atoms with van der Waals surface area (Å²) in [7, 11) is 0. The molecule has 11 heavy (non-hydrogen) atoms. The molecule has 4 nitrogen and oxygen atoms in total. The molecule has 0 rings (SSSR count). The zero-order chi connectivity index (χ0) is 6.57. The fourth-order valence-electron chi connectivity index (χ4n) is 0.143. The van der Waals surface area contributed by atoms with Gasteiger partial charge in [0.1, 0.15) is 0 Å². The van der Waals surface area contributed by atoms with E-state index in [-0.39, 0.29) is 154 Å². The number of hydrogen-bond donors (Lipinski definition) is 2. The molecule has 0 aromatic heterocycles. The summed E-state index contributed by atoms with van der Waals surface area (Å²) < 4.78 is 0. The monoisotopic (exact) mass is 236 g/mol. The third-order valence-electron chi connectivity index (χ3n) is 0.368. The van der Waals surface area contributed by atoms with Crippen molar-refractivity contribution in [2.75, 3.05) is 0 Å². The molecular weight excluding hydrogens is 229 g/mol. The zero-order valence-electron chi connectivity index (χ0n) is 3.87. The van der Waals surface area contributed by atoms with Gasteiger partial charge < -0.3 is 10.2 Å². The Kier molecular flexibility index (Phi) is 35.0. The molecule has 0 bridgehead atoms. The minimum absolute atomic E-state index is 0. The molecule has 0 aliphatic rings. The summed E-state index contributed by atoms with van der Waals surface area (Å²) in [6, 6.07) is 0. The van der Waals surface area contributed by atoms with E-state index in [1.807, 2.05) is 0 Å². The Morgan fingerprint density at radius 1 is 0.818 bits per heavy atom. The van der Waals surface area contributed by atoms with Crippen molar-refractivity contribution < 1.29 is 19.8 Å². The summed E-state index contributed by atoms with van der Waals surface area (Å²) >= 11 is 0. The molecule has 0 amide bonds. The van der Waals surface area contributed by atoms with Crippen LogP contribution in [0.25, 0.3) is 0 Å². The predicted octanol–water partition coefficient (Wildman–Crippen LogP) is -2.23. The van der Waals surface area contributed by atoms with Gasteiger partial charge in [0, 0.05) is 12.2 Å². The Balaban J connectivity index is -0.0000000817. The van der Waals surface area contributed by atoms with Gasteiger partial charge >= 0.3 is 166 Å². The van der Waals surface area contributed by atoms with Crippen LogP contribution in [0.1, 0.15) is 0 Å². The Morgan fingerprint density at radius 3 is 1.09 bits per heavy atom. The predicted molar refractivity (Wildman–Crippen MR) is 45.9 cm³/mol. The number of rotatable bonds is 2. The average molecular weight is 236 g/mol. The summed E-state index contributed by atoms with van der Waals surface area (Å²) in [5.41, 5.74) is 0. The van der Waals surface area contributed by atoms with Crippen LogP contribution in [0.5, 0.6) is 0 Å². The third-order valence-corrected chi connectivity index (χ3v) is 0.368. The molecule has 2 N–H and O–H groups in total. The van der Waals surface area contributed by atoms with Crippen LogP contribution in [-0.4, -0.2) is 176 Å². The fourth-order valence-corrected chi connectivity index (χ4v) is 0.143. The van der Waals surface area contributed by atoms with Crippen LogP contribution in [0, 0.1) is 0 Å². The van der Waals surface area contributed by atoms with E-state index in [0.29, 0.717) is 12.2 Å². The van der Waals surface area contributed by atoms with Crippen molar-refractivity contribution in [2.24, 2.45) is 0 Å². The minimum atomic E-state index is -1.26. The van der Waals surface area contributed by atoms with Crippen LogP contribution in [0.2, 0.25) is 0 Å². The van der Waals surface area contributed by atoms with Crippen molar-refractivity contribution in [1.82, 2.24) is 0 Å². The number of aliphatic carboxylic acids is 2. The molecule has 0 aliphatic carbocycles. The van der Waals surface area contributed by atoms with E-state index in [2.05, 4.69) is 0 Å². The first-order valence-corrected chi connectivity index (χ1v) is 1.77. The molecular formula is C4H7K3O4. The Morgan fingerprint density at radius 2 is 1.00 bits per heavy atom. The van der Waals surface area contributed by atoms with E-state index in [1.165, 1.54) is 0 Å². The van der Waals surface area contributed by atoms with E-state index >= 15 is 0 Å². The second-order valence-corrected chi connectivity index (χ2v) is 1.01. The fraction of sp³-hybridized carbons (Fsp3) is 0. The van der Waals surface area contributed by atoms with Crippen molar-refractivity contribution in [1.29, 1.82) is 0 Å². The Labute approximate surface area is 192 Å². The first-order valence-electron chi connectivity index (χ1n) is 1.77. The van der Waals surface area contributed by atoms with Gasteiger partial charge in [-0.05, 0) is 0 Å². The molecule has 50 valence electrons. The molecule has 0 saturated heterocycles. The van der Waals surface area contributed by atoms with Crippen LogP contribution in [0.15, 0.2) is 12.2 Å². The van der Waals surface area contributed by atoms with Gasteiger partial charge in [-0.1, -0.05) is 0 Å². The third kappa shape index (κ3) is 24.7. The van der Waals surface area contributed by atoms with Gasteiger partial charge in [-0.25, -0.2) is 9.59 Å². The quantitative estimate of drug-likeness (QED) is 0.420. The standard InChI is InChI=1S/C4H4O4.3K.3H/c5-3(6)1-2-4(7)8;;;;;;/h1-2H,(H,5,6)(H,7,8);;;;;;. The summed E-state index contributed by atoms with van der Waals surface area (Å²) in [6.07, 6.45) is 1.12. The molecule has 7 heteroatoms. The summed E-state index contributed by atoms with van der Waals surface area (Å²) in [5.74, 6) is -2.51. The van der Waals surface area contributed by atoms with E-state index in [4.69, 9.17) is 10.2 Å². The zero-order valence-corrected chi connectivity index (χ0v) is 3.87. The van der Waals surface area contributed by atoms with Crippen molar-refractivity contribution in [3.8, 4) is 0 Å². The van der Waals surface area contributed by atoms with Gasteiger partial charge in [-0.2, -0.15) is 0 Å². The SMILES string of the molecule is O=C(O)C=CC(=O)O.[KH].[KH].[KH]. The molecule has 0 unspecified atom stereocenters. The van der Waals surface area contributed by atoms with E-state index < -0.39 is 11.9 Å². The van der Waals surface area contributed by atoms with Gasteiger partial charge in [0.2, 0.25) is 0 Å².